The first-order chi connectivity index (χ1) is 6.75. The molecule has 82 valence electrons. The van der Waals surface area contributed by atoms with Gasteiger partial charge in [-0.15, -0.1) is 12.4 Å². The Morgan fingerprint density at radius 3 is 2.80 bits per heavy atom. The molecule has 2 rings (SSSR count). The number of rotatable bonds is 3. The SMILES string of the molecule is Cl.O=C(O)c1ccnc(NC2CCC2)c1. The first-order valence-electron chi connectivity index (χ1n) is 4.71. The summed E-state index contributed by atoms with van der Waals surface area (Å²) in [6, 6.07) is 3.54. The highest BCUT2D eigenvalue weighted by molar-refractivity contribution is 5.88. The molecule has 0 saturated heterocycles. The average molecular weight is 229 g/mol. The fourth-order valence-corrected chi connectivity index (χ4v) is 1.40. The molecule has 5 heteroatoms. The molecule has 1 aromatic heterocycles. The highest BCUT2D eigenvalue weighted by Crippen LogP contribution is 2.22. The fourth-order valence-electron chi connectivity index (χ4n) is 1.40. The van der Waals surface area contributed by atoms with Crippen molar-refractivity contribution >= 4 is 24.2 Å². The van der Waals surface area contributed by atoms with Crippen LogP contribution in [0.4, 0.5) is 5.82 Å². The summed E-state index contributed by atoms with van der Waals surface area (Å²) in [5.41, 5.74) is 0.279. The second kappa shape index (κ2) is 4.98. The summed E-state index contributed by atoms with van der Waals surface area (Å²) in [6.45, 7) is 0. The number of carbonyl (C=O) groups is 1. The minimum atomic E-state index is -0.913. The zero-order valence-electron chi connectivity index (χ0n) is 8.14. The standard InChI is InChI=1S/C10H12N2O2.ClH/c13-10(14)7-4-5-11-9(6-7)12-8-2-1-3-8;/h4-6,8H,1-3H2,(H,11,12)(H,13,14);1H. The molecule has 1 aliphatic carbocycles. The van der Waals surface area contributed by atoms with E-state index in [9.17, 15) is 4.79 Å². The number of hydrogen-bond donors (Lipinski definition) is 2. The highest BCUT2D eigenvalue weighted by Gasteiger charge is 2.17. The molecule has 0 aliphatic heterocycles. The molecule has 0 radical (unpaired) electrons. The molecule has 1 aromatic rings. The molecule has 15 heavy (non-hydrogen) atoms. The van der Waals surface area contributed by atoms with Crippen LogP contribution in [-0.4, -0.2) is 22.1 Å². The molecule has 1 heterocycles. The van der Waals surface area contributed by atoms with Crippen molar-refractivity contribution in [3.05, 3.63) is 23.9 Å². The van der Waals surface area contributed by atoms with Gasteiger partial charge in [0, 0.05) is 12.2 Å². The molecule has 0 aromatic carbocycles. The summed E-state index contributed by atoms with van der Waals surface area (Å²) in [7, 11) is 0. The van der Waals surface area contributed by atoms with Gasteiger partial charge in [0.25, 0.3) is 0 Å². The van der Waals surface area contributed by atoms with Crippen LogP contribution in [0.25, 0.3) is 0 Å². The van der Waals surface area contributed by atoms with E-state index in [1.807, 2.05) is 0 Å². The zero-order chi connectivity index (χ0) is 9.97. The lowest BCUT2D eigenvalue weighted by Crippen LogP contribution is -2.27. The van der Waals surface area contributed by atoms with E-state index in [0.717, 1.165) is 12.8 Å². The van der Waals surface area contributed by atoms with Gasteiger partial charge in [-0.05, 0) is 31.4 Å². The lowest BCUT2D eigenvalue weighted by atomic mass is 9.93. The van der Waals surface area contributed by atoms with E-state index in [1.165, 1.54) is 18.7 Å². The number of pyridine rings is 1. The predicted octanol–water partition coefficient (Wildman–Crippen LogP) is 2.17. The van der Waals surface area contributed by atoms with Crippen LogP contribution in [0.2, 0.25) is 0 Å². The topological polar surface area (TPSA) is 62.2 Å². The first kappa shape index (κ1) is 11.8. The van der Waals surface area contributed by atoms with E-state index < -0.39 is 5.97 Å². The summed E-state index contributed by atoms with van der Waals surface area (Å²) >= 11 is 0. The number of aromatic nitrogens is 1. The molecule has 0 atom stereocenters. The number of hydrogen-bond acceptors (Lipinski definition) is 3. The van der Waals surface area contributed by atoms with Gasteiger partial charge in [-0.2, -0.15) is 0 Å². The monoisotopic (exact) mass is 228 g/mol. The Morgan fingerprint density at radius 2 is 2.27 bits per heavy atom. The molecule has 0 bridgehead atoms. The maximum Gasteiger partial charge on any atom is 0.335 e. The van der Waals surface area contributed by atoms with Gasteiger partial charge >= 0.3 is 5.97 Å². The van der Waals surface area contributed by atoms with Gasteiger partial charge in [0.05, 0.1) is 5.56 Å². The number of anilines is 1. The van der Waals surface area contributed by atoms with Crippen molar-refractivity contribution in [2.24, 2.45) is 0 Å². The molecule has 2 N–H and O–H groups in total. The number of nitrogens with zero attached hydrogens (tertiary/aromatic N) is 1. The Kier molecular flexibility index (Phi) is 3.91. The summed E-state index contributed by atoms with van der Waals surface area (Å²) in [5.74, 6) is -0.251. The van der Waals surface area contributed by atoms with Crippen LogP contribution >= 0.6 is 12.4 Å². The highest BCUT2D eigenvalue weighted by atomic mass is 35.5. The molecule has 1 aliphatic rings. The maximum absolute atomic E-state index is 10.7. The predicted molar refractivity (Wildman–Crippen MR) is 59.7 cm³/mol. The smallest absolute Gasteiger partial charge is 0.335 e. The van der Waals surface area contributed by atoms with Crippen LogP contribution in [0.3, 0.4) is 0 Å². The van der Waals surface area contributed by atoms with Crippen molar-refractivity contribution in [2.45, 2.75) is 25.3 Å². The minimum Gasteiger partial charge on any atom is -0.478 e. The average Bonchev–Trinajstić information content (AvgIpc) is 2.12. The molecule has 1 saturated carbocycles. The van der Waals surface area contributed by atoms with Crippen molar-refractivity contribution in [1.29, 1.82) is 0 Å². The largest absolute Gasteiger partial charge is 0.478 e. The number of aromatic carboxylic acids is 1. The minimum absolute atomic E-state index is 0. The van der Waals surface area contributed by atoms with Crippen LogP contribution in [-0.2, 0) is 0 Å². The van der Waals surface area contributed by atoms with Crippen molar-refractivity contribution in [1.82, 2.24) is 4.98 Å². The lowest BCUT2D eigenvalue weighted by molar-refractivity contribution is 0.0697. The third-order valence-electron chi connectivity index (χ3n) is 2.46. The third-order valence-corrected chi connectivity index (χ3v) is 2.46. The summed E-state index contributed by atoms with van der Waals surface area (Å²) in [6.07, 6.45) is 5.07. The van der Waals surface area contributed by atoms with Crippen LogP contribution in [0.1, 0.15) is 29.6 Å². The quantitative estimate of drug-likeness (QED) is 0.832. The number of halogens is 1. The summed E-state index contributed by atoms with van der Waals surface area (Å²) in [4.78, 5) is 14.7. The zero-order valence-corrected chi connectivity index (χ0v) is 8.96. The maximum atomic E-state index is 10.7. The molecule has 1 fully saturated rings. The van der Waals surface area contributed by atoms with Crippen molar-refractivity contribution in [2.75, 3.05) is 5.32 Å². The number of carboxylic acids is 1. The Balaban J connectivity index is 0.00000112. The van der Waals surface area contributed by atoms with Gasteiger partial charge in [0.2, 0.25) is 0 Å². The number of carboxylic acid groups (broad SMARTS) is 1. The lowest BCUT2D eigenvalue weighted by Gasteiger charge is -2.26. The first-order valence-corrected chi connectivity index (χ1v) is 4.71. The van der Waals surface area contributed by atoms with E-state index in [1.54, 1.807) is 6.07 Å². The molecule has 0 unspecified atom stereocenters. The normalized spacial score (nSPS) is 14.9. The Bertz CT molecular complexity index is 353. The van der Waals surface area contributed by atoms with Crippen LogP contribution in [0, 0.1) is 0 Å². The third kappa shape index (κ3) is 2.83. The summed E-state index contributed by atoms with van der Waals surface area (Å²) in [5, 5.41) is 12.0. The summed E-state index contributed by atoms with van der Waals surface area (Å²) < 4.78 is 0. The van der Waals surface area contributed by atoms with Gasteiger partial charge in [0.1, 0.15) is 5.82 Å². The van der Waals surface area contributed by atoms with Crippen molar-refractivity contribution in [3.63, 3.8) is 0 Å². The van der Waals surface area contributed by atoms with Gasteiger partial charge in [-0.25, -0.2) is 9.78 Å². The molecule has 4 nitrogen and oxygen atoms in total. The molecular formula is C10H13ClN2O2. The van der Waals surface area contributed by atoms with Gasteiger partial charge < -0.3 is 10.4 Å². The van der Waals surface area contributed by atoms with E-state index in [0.29, 0.717) is 11.9 Å². The molecule has 0 spiro atoms. The van der Waals surface area contributed by atoms with Crippen LogP contribution in [0.5, 0.6) is 0 Å². The Hall–Kier alpha value is -1.29. The van der Waals surface area contributed by atoms with Crippen LogP contribution in [0.15, 0.2) is 18.3 Å². The van der Waals surface area contributed by atoms with E-state index in [4.69, 9.17) is 5.11 Å². The van der Waals surface area contributed by atoms with E-state index in [2.05, 4.69) is 10.3 Å². The van der Waals surface area contributed by atoms with Gasteiger partial charge in [0.15, 0.2) is 0 Å². The van der Waals surface area contributed by atoms with Crippen molar-refractivity contribution in [3.8, 4) is 0 Å². The van der Waals surface area contributed by atoms with Crippen LogP contribution < -0.4 is 5.32 Å². The van der Waals surface area contributed by atoms with Crippen molar-refractivity contribution < 1.29 is 9.90 Å². The Morgan fingerprint density at radius 1 is 1.53 bits per heavy atom. The second-order valence-electron chi connectivity index (χ2n) is 3.51. The molecule has 0 amide bonds. The number of nitrogens with one attached hydrogen (secondary N) is 1. The van der Waals surface area contributed by atoms with E-state index in [-0.39, 0.29) is 18.0 Å². The second-order valence-corrected chi connectivity index (χ2v) is 3.51. The van der Waals surface area contributed by atoms with Gasteiger partial charge in [-0.1, -0.05) is 0 Å². The fraction of sp³-hybridized carbons (Fsp3) is 0.400. The molecular weight excluding hydrogens is 216 g/mol. The Labute approximate surface area is 94.1 Å². The van der Waals surface area contributed by atoms with E-state index >= 15 is 0 Å². The van der Waals surface area contributed by atoms with Gasteiger partial charge in [-0.3, -0.25) is 0 Å².